The molecule has 0 unspecified atom stereocenters. The van der Waals surface area contributed by atoms with Gasteiger partial charge in [0.2, 0.25) is 5.43 Å². The first-order valence-corrected chi connectivity index (χ1v) is 6.18. The molecule has 0 aliphatic heterocycles. The number of carbonyl (C=O) groups is 1. The summed E-state index contributed by atoms with van der Waals surface area (Å²) >= 11 is 0. The van der Waals surface area contributed by atoms with Crippen LogP contribution in [0.5, 0.6) is 0 Å². The standard InChI is InChI=1S/C14H11F2NO3/c1-6-10(15)4-8-12(11(6)16)17(7-2-3-7)5-9(13(8)18)14(19)20/h4-5,7H,2-3H2,1H3,(H,19,20). The van der Waals surface area contributed by atoms with Crippen molar-refractivity contribution in [1.82, 2.24) is 4.57 Å². The van der Waals surface area contributed by atoms with Crippen LogP contribution >= 0.6 is 0 Å². The minimum absolute atomic E-state index is 0.0126. The first-order valence-electron chi connectivity index (χ1n) is 6.18. The molecule has 1 heterocycles. The van der Waals surface area contributed by atoms with E-state index in [4.69, 9.17) is 5.11 Å². The second-order valence-electron chi connectivity index (χ2n) is 5.01. The molecule has 0 radical (unpaired) electrons. The van der Waals surface area contributed by atoms with Gasteiger partial charge in [-0.1, -0.05) is 0 Å². The maximum Gasteiger partial charge on any atom is 0.341 e. The summed E-state index contributed by atoms with van der Waals surface area (Å²) in [6.45, 7) is 1.29. The van der Waals surface area contributed by atoms with Crippen LogP contribution in [-0.4, -0.2) is 15.6 Å². The lowest BCUT2D eigenvalue weighted by molar-refractivity contribution is 0.0695. The van der Waals surface area contributed by atoms with Gasteiger partial charge in [0.15, 0.2) is 5.82 Å². The molecule has 4 nitrogen and oxygen atoms in total. The molecule has 20 heavy (non-hydrogen) atoms. The molecule has 0 atom stereocenters. The fourth-order valence-corrected chi connectivity index (χ4v) is 2.33. The van der Waals surface area contributed by atoms with E-state index in [0.717, 1.165) is 25.1 Å². The zero-order valence-electron chi connectivity index (χ0n) is 10.6. The topological polar surface area (TPSA) is 59.3 Å². The first kappa shape index (κ1) is 12.8. The van der Waals surface area contributed by atoms with Crippen LogP contribution in [0.4, 0.5) is 8.78 Å². The number of pyridine rings is 1. The number of carboxylic acid groups (broad SMARTS) is 1. The SMILES string of the molecule is Cc1c(F)cc2c(=O)c(C(=O)O)cn(C3CC3)c2c1F. The molecule has 1 saturated carbocycles. The van der Waals surface area contributed by atoms with E-state index in [-0.39, 0.29) is 22.5 Å². The Labute approximate surface area is 112 Å². The van der Waals surface area contributed by atoms with E-state index in [1.165, 1.54) is 11.5 Å². The Morgan fingerprint density at radius 1 is 1.40 bits per heavy atom. The van der Waals surface area contributed by atoms with Crippen LogP contribution in [0.1, 0.15) is 34.8 Å². The van der Waals surface area contributed by atoms with Crippen LogP contribution in [0.15, 0.2) is 17.1 Å². The Morgan fingerprint density at radius 2 is 2.05 bits per heavy atom. The van der Waals surface area contributed by atoms with Crippen LogP contribution in [0.3, 0.4) is 0 Å². The summed E-state index contributed by atoms with van der Waals surface area (Å²) in [7, 11) is 0. The van der Waals surface area contributed by atoms with Crippen molar-refractivity contribution in [3.8, 4) is 0 Å². The highest BCUT2D eigenvalue weighted by molar-refractivity contribution is 5.93. The summed E-state index contributed by atoms with van der Waals surface area (Å²) in [5.41, 5.74) is -1.51. The normalized spacial score (nSPS) is 14.8. The van der Waals surface area contributed by atoms with Crippen molar-refractivity contribution in [1.29, 1.82) is 0 Å². The average molecular weight is 279 g/mol. The lowest BCUT2D eigenvalue weighted by Gasteiger charge is -2.13. The summed E-state index contributed by atoms with van der Waals surface area (Å²) < 4.78 is 29.4. The van der Waals surface area contributed by atoms with Crippen LogP contribution in [0.2, 0.25) is 0 Å². The van der Waals surface area contributed by atoms with Gasteiger partial charge in [0.1, 0.15) is 11.4 Å². The Morgan fingerprint density at radius 3 is 2.60 bits per heavy atom. The van der Waals surface area contributed by atoms with Gasteiger partial charge in [-0.05, 0) is 25.8 Å². The van der Waals surface area contributed by atoms with Gasteiger partial charge in [-0.2, -0.15) is 0 Å². The van der Waals surface area contributed by atoms with Gasteiger partial charge in [-0.25, -0.2) is 13.6 Å². The second-order valence-corrected chi connectivity index (χ2v) is 5.01. The smallest absolute Gasteiger partial charge is 0.341 e. The molecule has 1 N–H and O–H groups in total. The molecule has 1 aromatic carbocycles. The van der Waals surface area contributed by atoms with Crippen molar-refractivity contribution >= 4 is 16.9 Å². The molecule has 1 fully saturated rings. The van der Waals surface area contributed by atoms with Gasteiger partial charge in [0, 0.05) is 17.8 Å². The minimum atomic E-state index is -1.40. The zero-order valence-corrected chi connectivity index (χ0v) is 10.6. The summed E-state index contributed by atoms with van der Waals surface area (Å²) in [4.78, 5) is 23.2. The first-order chi connectivity index (χ1) is 9.41. The quantitative estimate of drug-likeness (QED) is 0.919. The molecule has 0 spiro atoms. The van der Waals surface area contributed by atoms with Crippen molar-refractivity contribution in [3.05, 3.63) is 45.2 Å². The van der Waals surface area contributed by atoms with E-state index in [1.807, 2.05) is 0 Å². The number of aromatic nitrogens is 1. The number of hydrogen-bond acceptors (Lipinski definition) is 2. The van der Waals surface area contributed by atoms with Crippen molar-refractivity contribution in [2.45, 2.75) is 25.8 Å². The molecule has 0 bridgehead atoms. The third-order valence-electron chi connectivity index (χ3n) is 3.61. The molecule has 0 amide bonds. The van der Waals surface area contributed by atoms with Crippen molar-refractivity contribution in [3.63, 3.8) is 0 Å². The van der Waals surface area contributed by atoms with E-state index in [1.54, 1.807) is 0 Å². The molecule has 6 heteroatoms. The van der Waals surface area contributed by atoms with E-state index in [0.29, 0.717) is 0 Å². The number of nitrogens with zero attached hydrogens (tertiary/aromatic N) is 1. The number of hydrogen-bond donors (Lipinski definition) is 1. The monoisotopic (exact) mass is 279 g/mol. The lowest BCUT2D eigenvalue weighted by Crippen LogP contribution is -2.20. The Hall–Kier alpha value is -2.24. The van der Waals surface area contributed by atoms with Crippen LogP contribution < -0.4 is 5.43 Å². The van der Waals surface area contributed by atoms with Gasteiger partial charge in [0.05, 0.1) is 10.9 Å². The van der Waals surface area contributed by atoms with Crippen molar-refractivity contribution < 1.29 is 18.7 Å². The number of carboxylic acids is 1. The highest BCUT2D eigenvalue weighted by Crippen LogP contribution is 2.38. The molecular weight excluding hydrogens is 268 g/mol. The third-order valence-corrected chi connectivity index (χ3v) is 3.61. The molecule has 0 saturated heterocycles. The fraction of sp³-hybridized carbons (Fsp3) is 0.286. The number of rotatable bonds is 2. The van der Waals surface area contributed by atoms with E-state index in [2.05, 4.69) is 0 Å². The number of benzene rings is 1. The third kappa shape index (κ3) is 1.71. The van der Waals surface area contributed by atoms with Crippen LogP contribution in [-0.2, 0) is 0 Å². The van der Waals surface area contributed by atoms with Crippen LogP contribution in [0, 0.1) is 18.6 Å². The van der Waals surface area contributed by atoms with E-state index < -0.39 is 28.6 Å². The average Bonchev–Trinajstić information content (AvgIpc) is 3.21. The molecular formula is C14H11F2NO3. The molecule has 1 aliphatic rings. The molecule has 104 valence electrons. The van der Waals surface area contributed by atoms with Gasteiger partial charge >= 0.3 is 5.97 Å². The summed E-state index contributed by atoms with van der Waals surface area (Å²) in [6, 6.07) is 0.886. The van der Waals surface area contributed by atoms with Crippen molar-refractivity contribution in [2.75, 3.05) is 0 Å². The summed E-state index contributed by atoms with van der Waals surface area (Å²) in [6.07, 6.45) is 2.73. The van der Waals surface area contributed by atoms with Gasteiger partial charge in [0.25, 0.3) is 0 Å². The predicted molar refractivity (Wildman–Crippen MR) is 68.1 cm³/mol. The maximum atomic E-state index is 14.3. The van der Waals surface area contributed by atoms with Crippen molar-refractivity contribution in [2.24, 2.45) is 0 Å². The number of aromatic carboxylic acids is 1. The molecule has 1 aromatic heterocycles. The van der Waals surface area contributed by atoms with Gasteiger partial charge < -0.3 is 9.67 Å². The molecule has 1 aliphatic carbocycles. The number of fused-ring (bicyclic) bond motifs is 1. The van der Waals surface area contributed by atoms with E-state index in [9.17, 15) is 18.4 Å². The zero-order chi connectivity index (χ0) is 14.6. The van der Waals surface area contributed by atoms with Gasteiger partial charge in [-0.15, -0.1) is 0 Å². The molecule has 3 rings (SSSR count). The second kappa shape index (κ2) is 4.13. The van der Waals surface area contributed by atoms with Gasteiger partial charge in [-0.3, -0.25) is 4.79 Å². The highest BCUT2D eigenvalue weighted by atomic mass is 19.1. The largest absolute Gasteiger partial charge is 0.477 e. The Bertz CT molecular complexity index is 806. The summed E-state index contributed by atoms with van der Waals surface area (Å²) in [5, 5.41) is 8.82. The highest BCUT2D eigenvalue weighted by Gasteiger charge is 2.29. The predicted octanol–water partition coefficient (Wildman–Crippen LogP) is 2.62. The number of halogens is 2. The fourth-order valence-electron chi connectivity index (χ4n) is 2.33. The molecule has 2 aromatic rings. The Balaban J connectivity index is 2.52. The lowest BCUT2D eigenvalue weighted by atomic mass is 10.1. The Kier molecular flexibility index (Phi) is 2.64. The summed E-state index contributed by atoms with van der Waals surface area (Å²) in [5.74, 6) is -3.05. The minimum Gasteiger partial charge on any atom is -0.477 e. The van der Waals surface area contributed by atoms with Crippen LogP contribution in [0.25, 0.3) is 10.9 Å². The van der Waals surface area contributed by atoms with E-state index >= 15 is 0 Å². The maximum absolute atomic E-state index is 14.3.